The molecule has 0 radical (unpaired) electrons. The highest BCUT2D eigenvalue weighted by Crippen LogP contribution is 2.38. The van der Waals surface area contributed by atoms with Crippen LogP contribution >= 0.6 is 0 Å². The molecule has 2 atom stereocenters. The molecule has 194 valence electrons. The molecule has 0 unspecified atom stereocenters. The number of aromatic nitrogens is 4. The lowest BCUT2D eigenvalue weighted by Crippen LogP contribution is -2.54. The summed E-state index contributed by atoms with van der Waals surface area (Å²) >= 11 is 0. The molecule has 1 saturated heterocycles. The van der Waals surface area contributed by atoms with Crippen molar-refractivity contribution >= 4 is 17.8 Å². The van der Waals surface area contributed by atoms with Crippen LogP contribution in [0.2, 0.25) is 0 Å². The monoisotopic (exact) mass is 504 g/mol. The fraction of sp³-hybridized carbons (Fsp3) is 0.577. The van der Waals surface area contributed by atoms with Crippen LogP contribution in [0.25, 0.3) is 0 Å². The Morgan fingerprint density at radius 3 is 2.62 bits per heavy atom. The molecule has 1 aliphatic heterocycles. The van der Waals surface area contributed by atoms with E-state index in [0.29, 0.717) is 31.6 Å². The van der Waals surface area contributed by atoms with Gasteiger partial charge in [0.2, 0.25) is 11.8 Å². The largest absolute Gasteiger partial charge is 0.463 e. The van der Waals surface area contributed by atoms with E-state index in [1.54, 1.807) is 12.1 Å². The summed E-state index contributed by atoms with van der Waals surface area (Å²) < 4.78 is 5.82. The molecule has 3 N–H and O–H groups in total. The van der Waals surface area contributed by atoms with Gasteiger partial charge in [-0.1, -0.05) is 13.0 Å². The minimum absolute atomic E-state index is 0.00494. The summed E-state index contributed by atoms with van der Waals surface area (Å²) in [6, 6.07) is 7.68. The molecular formula is C26H32N8O3. The van der Waals surface area contributed by atoms with Crippen molar-refractivity contribution in [3.05, 3.63) is 35.4 Å². The molecule has 3 aliphatic rings. The molecule has 3 heterocycles. The number of ether oxygens (including phenoxy) is 1. The number of hydrogen-bond donors (Lipinski definition) is 2. The number of anilines is 1. The SMILES string of the molecule is CC1CC(C)(NC(=O)c2nc(OC[C@H]3C[C@H]3C#N)nc(N3CCC(c4cccc(C(N)=O)n4)CC3)n2)C1. The highest BCUT2D eigenvalue weighted by molar-refractivity contribution is 5.91. The summed E-state index contributed by atoms with van der Waals surface area (Å²) in [5.41, 5.74) is 6.24. The molecule has 2 amide bonds. The molecule has 11 heteroatoms. The van der Waals surface area contributed by atoms with Gasteiger partial charge in [-0.2, -0.15) is 20.2 Å². The number of amides is 2. The molecule has 0 spiro atoms. The first-order chi connectivity index (χ1) is 17.7. The lowest BCUT2D eigenvalue weighted by molar-refractivity contribution is 0.0759. The summed E-state index contributed by atoms with van der Waals surface area (Å²) in [6.45, 7) is 5.82. The van der Waals surface area contributed by atoms with Crippen molar-refractivity contribution in [3.8, 4) is 12.1 Å². The van der Waals surface area contributed by atoms with Crippen molar-refractivity contribution in [2.75, 3.05) is 24.6 Å². The van der Waals surface area contributed by atoms with Crippen LogP contribution < -0.4 is 20.7 Å². The second-order valence-corrected chi connectivity index (χ2v) is 10.9. The van der Waals surface area contributed by atoms with Gasteiger partial charge in [0.05, 0.1) is 18.6 Å². The third kappa shape index (κ3) is 5.63. The second-order valence-electron chi connectivity index (χ2n) is 10.9. The van der Waals surface area contributed by atoms with Crippen LogP contribution in [0.5, 0.6) is 6.01 Å². The number of nitrogens with one attached hydrogen (secondary N) is 1. The number of carbonyl (C=O) groups is 2. The topological polar surface area (TPSA) is 160 Å². The quantitative estimate of drug-likeness (QED) is 0.549. The van der Waals surface area contributed by atoms with Gasteiger partial charge in [-0.05, 0) is 57.1 Å². The number of nitrogens with zero attached hydrogens (tertiary/aromatic N) is 6. The standard InChI is InChI=1S/C26H32N8O3/c1-15-11-26(2,12-15)33-23(36)22-30-24(32-25(31-22)37-14-18-10-17(18)13-27)34-8-6-16(7-9-34)19-4-3-5-20(29-19)21(28)35/h3-5,15-18H,6-12,14H2,1-2H3,(H2,28,35)(H,33,36)/t15?,17-,18+,26?/m0/s1. The predicted octanol–water partition coefficient (Wildman–Crippen LogP) is 2.21. The average molecular weight is 505 g/mol. The lowest BCUT2D eigenvalue weighted by Gasteiger charge is -2.44. The minimum atomic E-state index is -0.541. The Labute approximate surface area is 215 Å². The highest BCUT2D eigenvalue weighted by atomic mass is 16.5. The number of nitrogens with two attached hydrogens (primary N) is 1. The Morgan fingerprint density at radius 2 is 1.97 bits per heavy atom. The smallest absolute Gasteiger partial charge is 0.321 e. The maximum absolute atomic E-state index is 13.1. The van der Waals surface area contributed by atoms with E-state index in [4.69, 9.17) is 15.7 Å². The van der Waals surface area contributed by atoms with E-state index >= 15 is 0 Å². The molecule has 2 aliphatic carbocycles. The van der Waals surface area contributed by atoms with Crippen LogP contribution in [-0.2, 0) is 0 Å². The summed E-state index contributed by atoms with van der Waals surface area (Å²) in [7, 11) is 0. The van der Waals surface area contributed by atoms with E-state index in [-0.39, 0.29) is 46.7 Å². The van der Waals surface area contributed by atoms with E-state index in [1.165, 1.54) is 0 Å². The zero-order valence-corrected chi connectivity index (χ0v) is 21.2. The van der Waals surface area contributed by atoms with Gasteiger partial charge in [-0.25, -0.2) is 4.98 Å². The molecule has 5 rings (SSSR count). The van der Waals surface area contributed by atoms with Gasteiger partial charge in [0.1, 0.15) is 5.69 Å². The molecule has 3 fully saturated rings. The van der Waals surface area contributed by atoms with Crippen LogP contribution in [0.4, 0.5) is 5.95 Å². The maximum Gasteiger partial charge on any atom is 0.321 e. The number of piperidine rings is 1. The normalized spacial score (nSPS) is 27.1. The van der Waals surface area contributed by atoms with E-state index in [2.05, 4.69) is 38.2 Å². The van der Waals surface area contributed by atoms with Crippen molar-refractivity contribution in [1.29, 1.82) is 5.26 Å². The van der Waals surface area contributed by atoms with Gasteiger partial charge in [0.25, 0.3) is 11.8 Å². The van der Waals surface area contributed by atoms with Gasteiger partial charge in [0, 0.05) is 36.2 Å². The van der Waals surface area contributed by atoms with Gasteiger partial charge in [-0.15, -0.1) is 0 Å². The van der Waals surface area contributed by atoms with Crippen LogP contribution in [0.3, 0.4) is 0 Å². The van der Waals surface area contributed by atoms with Crippen LogP contribution in [-0.4, -0.2) is 57.0 Å². The third-order valence-corrected chi connectivity index (χ3v) is 7.55. The first kappa shape index (κ1) is 24.9. The molecule has 0 bridgehead atoms. The number of nitriles is 1. The number of rotatable bonds is 8. The first-order valence-electron chi connectivity index (χ1n) is 12.9. The van der Waals surface area contributed by atoms with Crippen LogP contribution in [0.15, 0.2) is 18.2 Å². The Balaban J connectivity index is 1.30. The zero-order chi connectivity index (χ0) is 26.2. The molecule has 37 heavy (non-hydrogen) atoms. The molecule has 2 aromatic rings. The maximum atomic E-state index is 13.1. The van der Waals surface area contributed by atoms with Crippen LogP contribution in [0.1, 0.15) is 78.7 Å². The first-order valence-corrected chi connectivity index (χ1v) is 12.9. The number of carbonyl (C=O) groups excluding carboxylic acids is 2. The van der Waals surface area contributed by atoms with Crippen molar-refractivity contribution < 1.29 is 14.3 Å². The fourth-order valence-corrected chi connectivity index (χ4v) is 5.53. The van der Waals surface area contributed by atoms with E-state index in [1.807, 2.05) is 17.9 Å². The summed E-state index contributed by atoms with van der Waals surface area (Å²) in [5, 5.41) is 12.2. The van der Waals surface area contributed by atoms with E-state index < -0.39 is 5.91 Å². The Kier molecular flexibility index (Phi) is 6.67. The Morgan fingerprint density at radius 1 is 1.22 bits per heavy atom. The highest BCUT2D eigenvalue weighted by Gasteiger charge is 2.40. The summed E-state index contributed by atoms with van der Waals surface area (Å²) in [4.78, 5) is 44.4. The Hall–Kier alpha value is -3.81. The van der Waals surface area contributed by atoms with Gasteiger partial charge in [-0.3, -0.25) is 9.59 Å². The summed E-state index contributed by atoms with van der Waals surface area (Å²) in [6.07, 6.45) is 4.18. The van der Waals surface area contributed by atoms with Crippen molar-refractivity contribution in [2.24, 2.45) is 23.5 Å². The predicted molar refractivity (Wildman–Crippen MR) is 134 cm³/mol. The molecule has 2 saturated carbocycles. The lowest BCUT2D eigenvalue weighted by atomic mass is 9.70. The van der Waals surface area contributed by atoms with E-state index in [9.17, 15) is 9.59 Å². The van der Waals surface area contributed by atoms with Crippen molar-refractivity contribution in [2.45, 2.75) is 57.4 Å². The fourth-order valence-electron chi connectivity index (χ4n) is 5.53. The Bertz CT molecular complexity index is 1230. The van der Waals surface area contributed by atoms with Crippen molar-refractivity contribution in [3.63, 3.8) is 0 Å². The van der Waals surface area contributed by atoms with Crippen molar-refractivity contribution in [1.82, 2.24) is 25.3 Å². The molecule has 2 aromatic heterocycles. The van der Waals surface area contributed by atoms with Crippen LogP contribution in [0, 0.1) is 29.1 Å². The number of hydrogen-bond acceptors (Lipinski definition) is 9. The number of pyridine rings is 1. The third-order valence-electron chi connectivity index (χ3n) is 7.55. The van der Waals surface area contributed by atoms with Gasteiger partial charge >= 0.3 is 6.01 Å². The zero-order valence-electron chi connectivity index (χ0n) is 21.2. The van der Waals surface area contributed by atoms with Gasteiger partial charge < -0.3 is 20.7 Å². The van der Waals surface area contributed by atoms with E-state index in [0.717, 1.165) is 37.8 Å². The number of primary amides is 1. The van der Waals surface area contributed by atoms with Gasteiger partial charge in [0.15, 0.2) is 0 Å². The summed E-state index contributed by atoms with van der Waals surface area (Å²) in [5.74, 6) is 0.464. The molecule has 11 nitrogen and oxygen atoms in total. The average Bonchev–Trinajstić information content (AvgIpc) is 3.65. The second kappa shape index (κ2) is 9.92. The molecule has 0 aromatic carbocycles. The molecular weight excluding hydrogens is 472 g/mol. The minimum Gasteiger partial charge on any atom is -0.463 e.